The van der Waals surface area contributed by atoms with Crippen molar-refractivity contribution in [3.63, 3.8) is 0 Å². The lowest BCUT2D eigenvalue weighted by Gasteiger charge is -2.12. The van der Waals surface area contributed by atoms with E-state index in [-0.39, 0.29) is 15.7 Å². The van der Waals surface area contributed by atoms with Gasteiger partial charge in [-0.1, -0.05) is 12.8 Å². The molecule has 0 radical (unpaired) electrons. The Morgan fingerprint density at radius 2 is 1.73 bits per heavy atom. The van der Waals surface area contributed by atoms with Crippen molar-refractivity contribution in [2.75, 3.05) is 0 Å². The topological polar surface area (TPSA) is 101 Å². The largest absolute Gasteiger partial charge is 0.480 e. The highest BCUT2D eigenvalue weighted by Crippen LogP contribution is 2.29. The summed E-state index contributed by atoms with van der Waals surface area (Å²) in [6, 6.07) is 4.63. The summed E-state index contributed by atoms with van der Waals surface area (Å²) in [5.41, 5.74) is 0.235. The predicted molar refractivity (Wildman–Crippen MR) is 80.4 cm³/mol. The molecule has 1 fully saturated rings. The molecule has 1 atom stereocenters. The van der Waals surface area contributed by atoms with E-state index in [4.69, 9.17) is 5.11 Å². The number of carboxylic acids is 1. The molecule has 0 aromatic heterocycles. The first-order valence-corrected chi connectivity index (χ1v) is 8.74. The summed E-state index contributed by atoms with van der Waals surface area (Å²) < 4.78 is 24.8. The third-order valence-corrected chi connectivity index (χ3v) is 6.18. The first kappa shape index (κ1) is 16.5. The van der Waals surface area contributed by atoms with E-state index in [2.05, 4.69) is 5.32 Å². The van der Waals surface area contributed by atoms with Crippen LogP contribution in [-0.2, 0) is 14.6 Å². The summed E-state index contributed by atoms with van der Waals surface area (Å²) in [6.45, 7) is 1.36. The fourth-order valence-corrected chi connectivity index (χ4v) is 4.38. The molecule has 1 aliphatic carbocycles. The van der Waals surface area contributed by atoms with E-state index in [0.717, 1.165) is 12.8 Å². The number of hydrogen-bond acceptors (Lipinski definition) is 4. The second-order valence-electron chi connectivity index (χ2n) is 5.51. The molecule has 0 spiro atoms. The maximum atomic E-state index is 12.4. The zero-order valence-corrected chi connectivity index (χ0v) is 13.1. The number of carbonyl (C=O) groups excluding carboxylic acids is 1. The molecule has 0 saturated heterocycles. The molecule has 1 saturated carbocycles. The number of carbonyl (C=O) groups is 2. The van der Waals surface area contributed by atoms with Crippen LogP contribution >= 0.6 is 0 Å². The van der Waals surface area contributed by atoms with E-state index < -0.39 is 27.8 Å². The molecule has 0 aliphatic heterocycles. The van der Waals surface area contributed by atoms with Crippen LogP contribution in [0.3, 0.4) is 0 Å². The van der Waals surface area contributed by atoms with Gasteiger partial charge in [0.25, 0.3) is 5.91 Å². The molecule has 1 aliphatic rings. The third-order valence-electron chi connectivity index (χ3n) is 3.90. The standard InChI is InChI=1S/C15H19NO5S/c1-10(15(18)19)16-14(17)11-6-8-13(9-7-11)22(20,21)12-4-2-3-5-12/h6-10,12H,2-5H2,1H3,(H,16,17)(H,18,19)/t10-/m0/s1. The first-order valence-electron chi connectivity index (χ1n) is 7.20. The molecule has 1 amide bonds. The lowest BCUT2D eigenvalue weighted by atomic mass is 10.2. The maximum Gasteiger partial charge on any atom is 0.325 e. The maximum absolute atomic E-state index is 12.4. The van der Waals surface area contributed by atoms with Gasteiger partial charge in [-0.3, -0.25) is 9.59 Å². The molecule has 6 nitrogen and oxygen atoms in total. The van der Waals surface area contributed by atoms with E-state index >= 15 is 0 Å². The second kappa shape index (κ2) is 6.48. The highest BCUT2D eigenvalue weighted by Gasteiger charge is 2.30. The Hall–Kier alpha value is -1.89. The normalized spacial score (nSPS) is 17.1. The van der Waals surface area contributed by atoms with Crippen molar-refractivity contribution >= 4 is 21.7 Å². The van der Waals surface area contributed by atoms with Crippen LogP contribution in [0.2, 0.25) is 0 Å². The van der Waals surface area contributed by atoms with Gasteiger partial charge >= 0.3 is 5.97 Å². The monoisotopic (exact) mass is 325 g/mol. The van der Waals surface area contributed by atoms with Crippen LogP contribution in [-0.4, -0.2) is 36.7 Å². The first-order chi connectivity index (χ1) is 10.3. The van der Waals surface area contributed by atoms with E-state index in [1.54, 1.807) is 0 Å². The summed E-state index contributed by atoms with van der Waals surface area (Å²) in [6.07, 6.45) is 3.22. The molecule has 120 valence electrons. The second-order valence-corrected chi connectivity index (χ2v) is 7.74. The summed E-state index contributed by atoms with van der Waals surface area (Å²) in [7, 11) is -3.34. The minimum Gasteiger partial charge on any atom is -0.480 e. The van der Waals surface area contributed by atoms with Gasteiger partial charge in [0.05, 0.1) is 10.1 Å². The van der Waals surface area contributed by atoms with Gasteiger partial charge in [-0.15, -0.1) is 0 Å². The van der Waals surface area contributed by atoms with E-state index in [0.29, 0.717) is 12.8 Å². The average Bonchev–Trinajstić information content (AvgIpc) is 3.02. The van der Waals surface area contributed by atoms with E-state index in [1.165, 1.54) is 31.2 Å². The highest BCUT2D eigenvalue weighted by atomic mass is 32.2. The van der Waals surface area contributed by atoms with Crippen molar-refractivity contribution in [2.45, 2.75) is 48.8 Å². The molecule has 22 heavy (non-hydrogen) atoms. The average molecular weight is 325 g/mol. The lowest BCUT2D eigenvalue weighted by Crippen LogP contribution is -2.38. The minimum absolute atomic E-state index is 0.210. The van der Waals surface area contributed by atoms with Crippen molar-refractivity contribution < 1.29 is 23.1 Å². The van der Waals surface area contributed by atoms with Gasteiger partial charge in [0, 0.05) is 5.56 Å². The number of aliphatic carboxylic acids is 1. The summed E-state index contributed by atoms with van der Waals surface area (Å²) >= 11 is 0. The third kappa shape index (κ3) is 3.47. The number of benzene rings is 1. The highest BCUT2D eigenvalue weighted by molar-refractivity contribution is 7.92. The molecule has 1 aromatic carbocycles. The van der Waals surface area contributed by atoms with Gasteiger partial charge in [-0.05, 0) is 44.0 Å². The van der Waals surface area contributed by atoms with Crippen LogP contribution in [0, 0.1) is 0 Å². The fourth-order valence-electron chi connectivity index (χ4n) is 2.53. The molecule has 0 bridgehead atoms. The van der Waals surface area contributed by atoms with Gasteiger partial charge < -0.3 is 10.4 Å². The Morgan fingerprint density at radius 3 is 2.23 bits per heavy atom. The summed E-state index contributed by atoms with van der Waals surface area (Å²) in [4.78, 5) is 22.8. The van der Waals surface area contributed by atoms with Gasteiger partial charge in [-0.2, -0.15) is 0 Å². The van der Waals surface area contributed by atoms with E-state index in [1.807, 2.05) is 0 Å². The van der Waals surface area contributed by atoms with Gasteiger partial charge in [-0.25, -0.2) is 8.42 Å². The zero-order chi connectivity index (χ0) is 16.3. The Balaban J connectivity index is 2.13. The number of rotatable bonds is 5. The summed E-state index contributed by atoms with van der Waals surface area (Å²) in [5, 5.41) is 10.7. The SMILES string of the molecule is C[C@H](NC(=O)c1ccc(S(=O)(=O)C2CCCC2)cc1)C(=O)O. The molecule has 0 heterocycles. The van der Waals surface area contributed by atoms with Crippen molar-refractivity contribution in [3.8, 4) is 0 Å². The van der Waals surface area contributed by atoms with Gasteiger partial charge in [0.2, 0.25) is 0 Å². The van der Waals surface area contributed by atoms with Crippen molar-refractivity contribution in [1.82, 2.24) is 5.32 Å². The molecular weight excluding hydrogens is 306 g/mol. The Kier molecular flexibility index (Phi) is 4.85. The van der Waals surface area contributed by atoms with Crippen molar-refractivity contribution in [1.29, 1.82) is 0 Å². The van der Waals surface area contributed by atoms with Crippen LogP contribution in [0.5, 0.6) is 0 Å². The molecule has 7 heteroatoms. The molecule has 1 aromatic rings. The van der Waals surface area contributed by atoms with Crippen LogP contribution in [0.25, 0.3) is 0 Å². The van der Waals surface area contributed by atoms with Crippen LogP contribution in [0.4, 0.5) is 0 Å². The minimum atomic E-state index is -3.34. The zero-order valence-electron chi connectivity index (χ0n) is 12.3. The predicted octanol–water partition coefficient (Wildman–Crippen LogP) is 1.61. The number of sulfone groups is 1. The van der Waals surface area contributed by atoms with Crippen LogP contribution in [0.15, 0.2) is 29.2 Å². The number of hydrogen-bond donors (Lipinski definition) is 2. The lowest BCUT2D eigenvalue weighted by molar-refractivity contribution is -0.138. The molecule has 2 N–H and O–H groups in total. The number of carboxylic acid groups (broad SMARTS) is 1. The smallest absolute Gasteiger partial charge is 0.325 e. The number of nitrogens with one attached hydrogen (secondary N) is 1. The quantitative estimate of drug-likeness (QED) is 0.856. The van der Waals surface area contributed by atoms with Crippen LogP contribution in [0.1, 0.15) is 43.0 Å². The Labute approximate surface area is 129 Å². The van der Waals surface area contributed by atoms with Crippen molar-refractivity contribution in [2.24, 2.45) is 0 Å². The Morgan fingerprint density at radius 1 is 1.18 bits per heavy atom. The molecule has 0 unspecified atom stereocenters. The van der Waals surface area contributed by atoms with Gasteiger partial charge in [0.15, 0.2) is 9.84 Å². The fraction of sp³-hybridized carbons (Fsp3) is 0.467. The number of amides is 1. The summed E-state index contributed by atoms with van der Waals surface area (Å²) in [5.74, 6) is -1.67. The van der Waals surface area contributed by atoms with Crippen molar-refractivity contribution in [3.05, 3.63) is 29.8 Å². The van der Waals surface area contributed by atoms with E-state index in [9.17, 15) is 18.0 Å². The van der Waals surface area contributed by atoms with Gasteiger partial charge in [0.1, 0.15) is 6.04 Å². The van der Waals surface area contributed by atoms with Crippen LogP contribution < -0.4 is 5.32 Å². The Bertz CT molecular complexity index is 660. The molecular formula is C15H19NO5S. The molecule has 2 rings (SSSR count).